The van der Waals surface area contributed by atoms with Gasteiger partial charge in [0.15, 0.2) is 5.65 Å². The third-order valence-electron chi connectivity index (χ3n) is 4.65. The number of hydrogen-bond donors (Lipinski definition) is 1. The van der Waals surface area contributed by atoms with Crippen molar-refractivity contribution in [2.75, 3.05) is 18.2 Å². The fourth-order valence-corrected chi connectivity index (χ4v) is 4.12. The van der Waals surface area contributed by atoms with Crippen molar-refractivity contribution in [1.29, 1.82) is 0 Å². The van der Waals surface area contributed by atoms with Crippen molar-refractivity contribution in [3.63, 3.8) is 0 Å². The summed E-state index contributed by atoms with van der Waals surface area (Å²) >= 11 is 1.44. The molecule has 2 heterocycles. The molecule has 0 radical (unpaired) electrons. The zero-order chi connectivity index (χ0) is 21.1. The molecule has 0 spiro atoms. The van der Waals surface area contributed by atoms with Gasteiger partial charge in [-0.3, -0.25) is 4.79 Å². The molecule has 6 nitrogen and oxygen atoms in total. The quantitative estimate of drug-likeness (QED) is 0.361. The number of ether oxygens (including phenoxy) is 1. The Morgan fingerprint density at radius 1 is 1.10 bits per heavy atom. The number of thioether (sulfide) groups is 1. The average molecular weight is 419 g/mol. The van der Waals surface area contributed by atoms with Crippen LogP contribution in [0.3, 0.4) is 0 Å². The molecule has 1 N–H and O–H groups in total. The van der Waals surface area contributed by atoms with Crippen LogP contribution in [0.25, 0.3) is 16.8 Å². The van der Waals surface area contributed by atoms with E-state index in [9.17, 15) is 4.79 Å². The van der Waals surface area contributed by atoms with E-state index in [1.54, 1.807) is 7.11 Å². The molecule has 0 aliphatic heterocycles. The fourth-order valence-electron chi connectivity index (χ4n) is 3.27. The molecule has 30 heavy (non-hydrogen) atoms. The van der Waals surface area contributed by atoms with Crippen LogP contribution in [0.5, 0.6) is 5.75 Å². The molecule has 0 aliphatic rings. The first-order chi connectivity index (χ1) is 14.5. The number of anilines is 1. The maximum atomic E-state index is 12.4. The van der Waals surface area contributed by atoms with Crippen LogP contribution in [0.1, 0.15) is 11.4 Å². The molecule has 1 amide bonds. The van der Waals surface area contributed by atoms with Crippen LogP contribution in [0.15, 0.2) is 65.7 Å². The van der Waals surface area contributed by atoms with Gasteiger partial charge in [0, 0.05) is 16.9 Å². The Bertz CT molecular complexity index is 1190. The molecule has 0 saturated heterocycles. The lowest BCUT2D eigenvalue weighted by Gasteiger charge is -2.08. The van der Waals surface area contributed by atoms with Crippen molar-refractivity contribution in [3.8, 4) is 16.9 Å². The number of nitrogens with one attached hydrogen (secondary N) is 1. The zero-order valence-electron chi connectivity index (χ0n) is 17.0. The van der Waals surface area contributed by atoms with Crippen LogP contribution in [0.2, 0.25) is 0 Å². The molecule has 0 unspecified atom stereocenters. The van der Waals surface area contributed by atoms with Crippen molar-refractivity contribution in [3.05, 3.63) is 72.1 Å². The topological polar surface area (TPSA) is 68.5 Å². The summed E-state index contributed by atoms with van der Waals surface area (Å²) in [5.74, 6) is 0.935. The second kappa shape index (κ2) is 8.59. The van der Waals surface area contributed by atoms with Gasteiger partial charge in [-0.2, -0.15) is 5.10 Å². The summed E-state index contributed by atoms with van der Waals surface area (Å²) in [7, 11) is 1.61. The lowest BCUT2D eigenvalue weighted by atomic mass is 10.1. The minimum absolute atomic E-state index is 0.0834. The van der Waals surface area contributed by atoms with Gasteiger partial charge in [-0.05, 0) is 49.7 Å². The molecule has 4 aromatic rings. The number of carbonyl (C=O) groups excluding carboxylic acids is 1. The number of carbonyl (C=O) groups is 1. The molecule has 0 fully saturated rings. The number of amides is 1. The monoisotopic (exact) mass is 418 g/mol. The minimum Gasteiger partial charge on any atom is -0.497 e. The number of hydrogen-bond acceptors (Lipinski definition) is 5. The van der Waals surface area contributed by atoms with Gasteiger partial charge in [0.25, 0.3) is 0 Å². The molecule has 4 rings (SSSR count). The summed E-state index contributed by atoms with van der Waals surface area (Å²) in [6.45, 7) is 3.94. The minimum atomic E-state index is -0.0834. The first kappa shape index (κ1) is 20.0. The van der Waals surface area contributed by atoms with Crippen LogP contribution in [-0.4, -0.2) is 33.4 Å². The van der Waals surface area contributed by atoms with Crippen molar-refractivity contribution in [2.45, 2.75) is 18.9 Å². The van der Waals surface area contributed by atoms with Gasteiger partial charge in [0.1, 0.15) is 10.8 Å². The van der Waals surface area contributed by atoms with E-state index in [1.165, 1.54) is 11.8 Å². The Kier molecular flexibility index (Phi) is 5.72. The fraction of sp³-hybridized carbons (Fsp3) is 0.174. The highest BCUT2D eigenvalue weighted by molar-refractivity contribution is 7.99. The molecule has 152 valence electrons. The highest BCUT2D eigenvalue weighted by Crippen LogP contribution is 2.30. The number of fused-ring (bicyclic) bond motifs is 1. The SMILES string of the molecule is COc1ccc(NC(=O)CSc2cc(C)nc3c(-c4ccccc4)c(C)nn23)cc1. The van der Waals surface area contributed by atoms with E-state index in [0.29, 0.717) is 0 Å². The third-order valence-corrected chi connectivity index (χ3v) is 5.64. The largest absolute Gasteiger partial charge is 0.497 e. The molecule has 0 bridgehead atoms. The number of methoxy groups -OCH3 is 1. The number of aromatic nitrogens is 3. The summed E-state index contributed by atoms with van der Waals surface area (Å²) in [5.41, 5.74) is 5.43. The van der Waals surface area contributed by atoms with Crippen molar-refractivity contribution >= 4 is 29.0 Å². The molecule has 2 aromatic carbocycles. The van der Waals surface area contributed by atoms with Crippen LogP contribution < -0.4 is 10.1 Å². The second-order valence-electron chi connectivity index (χ2n) is 6.86. The predicted molar refractivity (Wildman–Crippen MR) is 120 cm³/mol. The normalized spacial score (nSPS) is 10.9. The van der Waals surface area contributed by atoms with Gasteiger partial charge in [-0.1, -0.05) is 42.1 Å². The lowest BCUT2D eigenvalue weighted by Crippen LogP contribution is -2.14. The van der Waals surface area contributed by atoms with Gasteiger partial charge >= 0.3 is 0 Å². The van der Waals surface area contributed by atoms with Crippen LogP contribution >= 0.6 is 11.8 Å². The molecule has 7 heteroatoms. The van der Waals surface area contributed by atoms with E-state index < -0.39 is 0 Å². The Morgan fingerprint density at radius 3 is 2.53 bits per heavy atom. The summed E-state index contributed by atoms with van der Waals surface area (Å²) < 4.78 is 6.97. The average Bonchev–Trinajstić information content (AvgIpc) is 3.09. The second-order valence-corrected chi connectivity index (χ2v) is 7.86. The molecule has 2 aromatic heterocycles. The van der Waals surface area contributed by atoms with Crippen molar-refractivity contribution < 1.29 is 9.53 Å². The Hall–Kier alpha value is -3.32. The number of benzene rings is 2. The Labute approximate surface area is 179 Å². The van der Waals surface area contributed by atoms with E-state index in [0.717, 1.165) is 44.6 Å². The number of aryl methyl sites for hydroxylation is 2. The predicted octanol–water partition coefficient (Wildman–Crippen LogP) is 4.75. The highest BCUT2D eigenvalue weighted by Gasteiger charge is 2.16. The first-order valence-electron chi connectivity index (χ1n) is 9.54. The first-order valence-corrected chi connectivity index (χ1v) is 10.5. The van der Waals surface area contributed by atoms with E-state index in [2.05, 4.69) is 17.4 Å². The van der Waals surface area contributed by atoms with E-state index in [1.807, 2.05) is 66.9 Å². The maximum Gasteiger partial charge on any atom is 0.234 e. The Morgan fingerprint density at radius 2 is 1.83 bits per heavy atom. The molecular formula is C23H22N4O2S. The van der Waals surface area contributed by atoms with Gasteiger partial charge in [0.05, 0.1) is 18.6 Å². The molecular weight excluding hydrogens is 396 g/mol. The number of nitrogens with zero attached hydrogens (tertiary/aromatic N) is 3. The highest BCUT2D eigenvalue weighted by atomic mass is 32.2. The summed E-state index contributed by atoms with van der Waals surface area (Å²) in [6, 6.07) is 19.4. The lowest BCUT2D eigenvalue weighted by molar-refractivity contribution is -0.113. The van der Waals surface area contributed by atoms with Crippen molar-refractivity contribution in [2.24, 2.45) is 0 Å². The molecule has 0 saturated carbocycles. The van der Waals surface area contributed by atoms with Gasteiger partial charge < -0.3 is 10.1 Å². The van der Waals surface area contributed by atoms with E-state index >= 15 is 0 Å². The standard InChI is InChI=1S/C23H22N4O2S/c1-15-13-21(30-14-20(28)25-18-9-11-19(29-3)12-10-18)27-23(24-15)22(16(2)26-27)17-7-5-4-6-8-17/h4-13H,14H2,1-3H3,(H,25,28). The third kappa shape index (κ3) is 4.16. The van der Waals surface area contributed by atoms with Crippen LogP contribution in [0, 0.1) is 13.8 Å². The summed E-state index contributed by atoms with van der Waals surface area (Å²) in [5, 5.41) is 8.49. The van der Waals surface area contributed by atoms with Crippen molar-refractivity contribution in [1.82, 2.24) is 14.6 Å². The van der Waals surface area contributed by atoms with E-state index in [-0.39, 0.29) is 11.7 Å². The van der Waals surface area contributed by atoms with Crippen LogP contribution in [-0.2, 0) is 4.79 Å². The summed E-state index contributed by atoms with van der Waals surface area (Å²) in [6.07, 6.45) is 0. The molecule has 0 atom stereocenters. The number of rotatable bonds is 6. The Balaban J connectivity index is 1.56. The van der Waals surface area contributed by atoms with Gasteiger partial charge in [-0.25, -0.2) is 9.50 Å². The zero-order valence-corrected chi connectivity index (χ0v) is 17.9. The van der Waals surface area contributed by atoms with E-state index in [4.69, 9.17) is 14.8 Å². The van der Waals surface area contributed by atoms with Crippen LogP contribution in [0.4, 0.5) is 5.69 Å². The smallest absolute Gasteiger partial charge is 0.234 e. The van der Waals surface area contributed by atoms with Gasteiger partial charge in [-0.15, -0.1) is 0 Å². The maximum absolute atomic E-state index is 12.4. The van der Waals surface area contributed by atoms with Gasteiger partial charge in [0.2, 0.25) is 5.91 Å². The summed E-state index contributed by atoms with van der Waals surface area (Å²) in [4.78, 5) is 17.2. The molecule has 0 aliphatic carbocycles.